The van der Waals surface area contributed by atoms with E-state index in [1.54, 1.807) is 34.0 Å². The van der Waals surface area contributed by atoms with Crippen molar-refractivity contribution in [1.29, 1.82) is 0 Å². The van der Waals surface area contributed by atoms with Gasteiger partial charge in [0.25, 0.3) is 5.56 Å². The number of amides is 1. The van der Waals surface area contributed by atoms with Crippen molar-refractivity contribution in [3.05, 3.63) is 70.5 Å². The summed E-state index contributed by atoms with van der Waals surface area (Å²) in [7, 11) is 0. The summed E-state index contributed by atoms with van der Waals surface area (Å²) in [6, 6.07) is 11.9. The molecular weight excluding hydrogens is 571 g/mol. The number of hydrogen-bond acceptors (Lipinski definition) is 4. The van der Waals surface area contributed by atoms with Crippen LogP contribution in [0.1, 0.15) is 59.9 Å². The van der Waals surface area contributed by atoms with Gasteiger partial charge < -0.3 is 15.3 Å². The van der Waals surface area contributed by atoms with Crippen molar-refractivity contribution in [3.63, 3.8) is 0 Å². The molecule has 0 radical (unpaired) electrons. The van der Waals surface area contributed by atoms with Crippen LogP contribution in [0, 0.1) is 29.0 Å². The first-order valence-electron chi connectivity index (χ1n) is 16.1. The van der Waals surface area contributed by atoms with Crippen molar-refractivity contribution >= 4 is 28.6 Å². The highest BCUT2D eigenvalue weighted by atomic mass is 19.1. The first-order chi connectivity index (χ1) is 21.2. The second kappa shape index (κ2) is 11.4. The molecule has 9 nitrogen and oxygen atoms in total. The van der Waals surface area contributed by atoms with Gasteiger partial charge in [0.2, 0.25) is 0 Å². The number of nitrogens with zero attached hydrogens (tertiary/aromatic N) is 5. The molecule has 3 saturated carbocycles. The highest BCUT2D eigenvalue weighted by Crippen LogP contribution is 2.61. The molecule has 3 aromatic rings. The summed E-state index contributed by atoms with van der Waals surface area (Å²) < 4.78 is 14.9. The molecule has 2 N–H and O–H groups in total. The highest BCUT2D eigenvalue weighted by molar-refractivity contribution is 5.96. The Labute approximate surface area is 264 Å². The molecular formula is C35H45FN6O3. The quantitative estimate of drug-likeness (QED) is 0.257. The number of hydrogen-bond donors (Lipinski definition) is 2. The van der Waals surface area contributed by atoms with Crippen LogP contribution in [0.2, 0.25) is 0 Å². The van der Waals surface area contributed by atoms with E-state index in [1.807, 2.05) is 32.9 Å². The molecule has 2 aromatic carbocycles. The van der Waals surface area contributed by atoms with Crippen molar-refractivity contribution < 1.29 is 14.3 Å². The van der Waals surface area contributed by atoms with Crippen molar-refractivity contribution in [2.24, 2.45) is 28.2 Å². The molecule has 2 bridgehead atoms. The zero-order valence-corrected chi connectivity index (χ0v) is 27.1. The summed E-state index contributed by atoms with van der Waals surface area (Å²) in [6.07, 6.45) is 3.57. The zero-order valence-electron chi connectivity index (χ0n) is 27.1. The number of carboxylic acid groups (broad SMARTS) is 1. The Hall–Kier alpha value is -3.95. The average Bonchev–Trinajstić information content (AvgIpc) is 2.94. The molecule has 1 amide bonds. The van der Waals surface area contributed by atoms with Crippen molar-refractivity contribution in [2.45, 2.75) is 85.0 Å². The smallest absolute Gasteiger partial charge is 0.408 e. The number of aliphatic imine (C=N–C) groups is 1. The minimum atomic E-state index is -0.911. The molecule has 45 heavy (non-hydrogen) atoms. The maximum atomic E-state index is 13.3. The molecule has 3 aliphatic carbocycles. The number of likely N-dealkylation sites (tertiary alicyclic amines) is 1. The highest BCUT2D eigenvalue weighted by Gasteiger charge is 2.56. The van der Waals surface area contributed by atoms with E-state index in [4.69, 9.17) is 4.99 Å². The Morgan fingerprint density at radius 1 is 1.16 bits per heavy atom. The second-order valence-corrected chi connectivity index (χ2v) is 14.8. The predicted octanol–water partition coefficient (Wildman–Crippen LogP) is 6.08. The van der Waals surface area contributed by atoms with E-state index in [9.17, 15) is 19.1 Å². The van der Waals surface area contributed by atoms with Gasteiger partial charge in [0.05, 0.1) is 29.3 Å². The molecule has 2 heterocycles. The number of benzene rings is 2. The Kier molecular flexibility index (Phi) is 7.90. The molecule has 1 aliphatic heterocycles. The van der Waals surface area contributed by atoms with Crippen LogP contribution in [0.5, 0.6) is 0 Å². The third-order valence-electron chi connectivity index (χ3n) is 10.7. The molecule has 1 saturated heterocycles. The van der Waals surface area contributed by atoms with Gasteiger partial charge in [-0.05, 0) is 99.1 Å². The van der Waals surface area contributed by atoms with Crippen LogP contribution < -0.4 is 10.9 Å². The average molecular weight is 617 g/mol. The molecule has 7 rings (SSSR count). The second-order valence-electron chi connectivity index (χ2n) is 14.8. The normalized spacial score (nSPS) is 24.6. The van der Waals surface area contributed by atoms with Gasteiger partial charge in [0.15, 0.2) is 5.96 Å². The lowest BCUT2D eigenvalue weighted by molar-refractivity contribution is -0.108. The first-order valence-corrected chi connectivity index (χ1v) is 16.1. The number of carbonyl (C=O) groups is 1. The van der Waals surface area contributed by atoms with Gasteiger partial charge in [-0.25, -0.2) is 19.2 Å². The maximum Gasteiger partial charge on any atom is 0.408 e. The monoisotopic (exact) mass is 616 g/mol. The molecule has 4 atom stereocenters. The Morgan fingerprint density at radius 2 is 1.87 bits per heavy atom. The Bertz CT molecular complexity index is 1670. The number of rotatable bonds is 6. The Morgan fingerprint density at radius 3 is 2.49 bits per heavy atom. The van der Waals surface area contributed by atoms with Gasteiger partial charge in [0, 0.05) is 30.9 Å². The van der Waals surface area contributed by atoms with Crippen LogP contribution in [-0.4, -0.2) is 67.2 Å². The number of fused-ring (bicyclic) bond motifs is 3. The van der Waals surface area contributed by atoms with Crippen LogP contribution in [0.4, 0.5) is 14.9 Å². The topological polar surface area (TPSA) is 103 Å². The SMILES string of the molecule is C[C@@H]1[C@@H](/N=C(/Nc2ccc3c(=O)n(CCc4ccc(F)cc4)cnc3c2)N2CC(N(C(=O)O)C(C)(C)C)C2)C[C@H]2C[C@@H]1C2(C)C. The zero-order chi connectivity index (χ0) is 32.3. The predicted molar refractivity (Wildman–Crippen MR) is 175 cm³/mol. The summed E-state index contributed by atoms with van der Waals surface area (Å²) in [5, 5.41) is 14.0. The molecule has 1 aromatic heterocycles. The number of aryl methyl sites for hydroxylation is 2. The van der Waals surface area contributed by atoms with E-state index in [0.29, 0.717) is 60.1 Å². The lowest BCUT2D eigenvalue weighted by Crippen LogP contribution is -2.67. The molecule has 4 aliphatic rings. The molecule has 240 valence electrons. The fourth-order valence-electron chi connectivity index (χ4n) is 7.85. The van der Waals surface area contributed by atoms with Crippen LogP contribution in [-0.2, 0) is 13.0 Å². The van der Waals surface area contributed by atoms with Crippen LogP contribution in [0.3, 0.4) is 0 Å². The van der Waals surface area contributed by atoms with Crippen LogP contribution >= 0.6 is 0 Å². The summed E-state index contributed by atoms with van der Waals surface area (Å²) in [5.41, 5.74) is 2.04. The standard InChI is InChI=1S/C35H45FN6O3/c1-21-28-15-23(35(28,5)6)16-29(21)39-32(41-18-26(19-41)42(33(44)45)34(2,3)4)38-25-11-12-27-30(17-25)37-20-40(31(27)43)14-13-22-7-9-24(36)10-8-22/h7-12,17,20-21,23,26,28-29H,13-16,18-19H2,1-6H3,(H,38,39)(H,44,45)/t21-,23+,28-,29-/m0/s1. The third kappa shape index (κ3) is 5.91. The van der Waals surface area contributed by atoms with E-state index in [0.717, 1.165) is 23.6 Å². The van der Waals surface area contributed by atoms with Gasteiger partial charge >= 0.3 is 6.09 Å². The largest absolute Gasteiger partial charge is 0.465 e. The fourth-order valence-corrected chi connectivity index (χ4v) is 7.85. The molecule has 0 unspecified atom stereocenters. The van der Waals surface area contributed by atoms with E-state index >= 15 is 0 Å². The van der Waals surface area contributed by atoms with Gasteiger partial charge in [-0.2, -0.15) is 0 Å². The van der Waals surface area contributed by atoms with E-state index in [-0.39, 0.29) is 23.5 Å². The maximum absolute atomic E-state index is 13.3. The van der Waals surface area contributed by atoms with E-state index in [2.05, 4.69) is 36.0 Å². The minimum Gasteiger partial charge on any atom is -0.465 e. The van der Waals surface area contributed by atoms with E-state index in [1.165, 1.54) is 18.6 Å². The third-order valence-corrected chi connectivity index (χ3v) is 10.7. The van der Waals surface area contributed by atoms with Gasteiger partial charge in [-0.15, -0.1) is 0 Å². The van der Waals surface area contributed by atoms with Crippen LogP contribution in [0.15, 0.2) is 58.6 Å². The lowest BCUT2D eigenvalue weighted by Gasteiger charge is -2.61. The summed E-state index contributed by atoms with van der Waals surface area (Å²) >= 11 is 0. The van der Waals surface area contributed by atoms with Gasteiger partial charge in [0.1, 0.15) is 5.82 Å². The van der Waals surface area contributed by atoms with Crippen LogP contribution in [0.25, 0.3) is 10.9 Å². The Balaban J connectivity index is 1.23. The summed E-state index contributed by atoms with van der Waals surface area (Å²) in [6.45, 7) is 14.4. The number of nitrogens with one attached hydrogen (secondary N) is 1. The summed E-state index contributed by atoms with van der Waals surface area (Å²) in [5.74, 6) is 2.23. The molecule has 10 heteroatoms. The molecule has 4 fully saturated rings. The van der Waals surface area contributed by atoms with Gasteiger partial charge in [-0.1, -0.05) is 32.9 Å². The van der Waals surface area contributed by atoms with Crippen molar-refractivity contribution in [1.82, 2.24) is 19.4 Å². The molecule has 0 spiro atoms. The number of anilines is 1. The van der Waals surface area contributed by atoms with Crippen molar-refractivity contribution in [2.75, 3.05) is 18.4 Å². The van der Waals surface area contributed by atoms with Gasteiger partial charge in [-0.3, -0.25) is 14.3 Å². The number of halogens is 1. The summed E-state index contributed by atoms with van der Waals surface area (Å²) in [4.78, 5) is 39.0. The van der Waals surface area contributed by atoms with Crippen molar-refractivity contribution in [3.8, 4) is 0 Å². The fraction of sp³-hybridized carbons (Fsp3) is 0.543. The number of aromatic nitrogens is 2. The lowest BCUT2D eigenvalue weighted by atomic mass is 9.45. The van der Waals surface area contributed by atoms with E-state index < -0.39 is 11.6 Å². The minimum absolute atomic E-state index is 0.123. The number of guanidine groups is 1. The first kappa shape index (κ1) is 31.0.